The van der Waals surface area contributed by atoms with Gasteiger partial charge in [-0.15, -0.1) is 0 Å². The van der Waals surface area contributed by atoms with Crippen molar-refractivity contribution in [3.63, 3.8) is 0 Å². The quantitative estimate of drug-likeness (QED) is 0.657. The van der Waals surface area contributed by atoms with Gasteiger partial charge in [0.15, 0.2) is 0 Å². The summed E-state index contributed by atoms with van der Waals surface area (Å²) in [6.45, 7) is 2.88. The van der Waals surface area contributed by atoms with Crippen LogP contribution in [0.2, 0.25) is 0 Å². The number of nitrogens with zero attached hydrogens (tertiary/aromatic N) is 1. The molecule has 2 aliphatic rings. The Labute approximate surface area is 154 Å². The molecule has 0 aliphatic carbocycles. The number of carbonyl (C=O) groups excluding carboxylic acids is 1. The molecule has 0 spiro atoms. The zero-order valence-corrected chi connectivity index (χ0v) is 15.7. The molecule has 0 saturated carbocycles. The van der Waals surface area contributed by atoms with Crippen LogP contribution in [0.1, 0.15) is 32.1 Å². The third-order valence-corrected chi connectivity index (χ3v) is 6.09. The molecule has 1 amide bonds. The number of ether oxygens (including phenoxy) is 2. The van der Waals surface area contributed by atoms with Gasteiger partial charge in [-0.1, -0.05) is 0 Å². The third kappa shape index (κ3) is 5.03. The van der Waals surface area contributed by atoms with E-state index in [9.17, 15) is 13.2 Å². The van der Waals surface area contributed by atoms with Crippen molar-refractivity contribution in [2.45, 2.75) is 43.1 Å². The molecular formula is C18H26N2O5S. The molecule has 7 nitrogen and oxygen atoms in total. The van der Waals surface area contributed by atoms with Crippen molar-refractivity contribution in [2.24, 2.45) is 0 Å². The van der Waals surface area contributed by atoms with Crippen LogP contribution in [-0.4, -0.2) is 53.3 Å². The summed E-state index contributed by atoms with van der Waals surface area (Å²) in [5.41, 5.74) is 0.744. The molecule has 1 aromatic rings. The fourth-order valence-corrected chi connectivity index (χ4v) is 4.26. The van der Waals surface area contributed by atoms with E-state index in [0.29, 0.717) is 39.1 Å². The Hall–Kier alpha value is -1.48. The lowest BCUT2D eigenvalue weighted by molar-refractivity contribution is -0.117. The lowest BCUT2D eigenvalue weighted by atomic mass is 10.2. The van der Waals surface area contributed by atoms with Crippen molar-refractivity contribution in [2.75, 3.05) is 37.8 Å². The van der Waals surface area contributed by atoms with E-state index in [1.54, 1.807) is 17.0 Å². The minimum atomic E-state index is -3.55. The second kappa shape index (κ2) is 8.94. The zero-order valence-electron chi connectivity index (χ0n) is 14.9. The van der Waals surface area contributed by atoms with Gasteiger partial charge in [-0.3, -0.25) is 4.79 Å². The summed E-state index contributed by atoms with van der Waals surface area (Å²) in [5.74, 6) is 0.0849. The van der Waals surface area contributed by atoms with Crippen LogP contribution in [0.5, 0.6) is 0 Å². The molecule has 0 bridgehead atoms. The van der Waals surface area contributed by atoms with Crippen LogP contribution in [0.4, 0.5) is 5.69 Å². The molecule has 3 rings (SSSR count). The highest BCUT2D eigenvalue weighted by Crippen LogP contribution is 2.22. The van der Waals surface area contributed by atoms with Crippen LogP contribution in [0, 0.1) is 0 Å². The van der Waals surface area contributed by atoms with Crippen LogP contribution < -0.4 is 9.62 Å². The van der Waals surface area contributed by atoms with Gasteiger partial charge in [0.2, 0.25) is 15.9 Å². The summed E-state index contributed by atoms with van der Waals surface area (Å²) in [5, 5.41) is 0. The van der Waals surface area contributed by atoms with E-state index in [4.69, 9.17) is 9.47 Å². The van der Waals surface area contributed by atoms with Gasteiger partial charge in [0.1, 0.15) is 0 Å². The van der Waals surface area contributed by atoms with Gasteiger partial charge < -0.3 is 14.4 Å². The van der Waals surface area contributed by atoms with Gasteiger partial charge in [0.05, 0.1) is 17.6 Å². The average molecular weight is 382 g/mol. The van der Waals surface area contributed by atoms with Crippen LogP contribution in [0.15, 0.2) is 29.2 Å². The first-order valence-electron chi connectivity index (χ1n) is 9.16. The molecule has 2 saturated heterocycles. The number of hydrogen-bond donors (Lipinski definition) is 1. The highest BCUT2D eigenvalue weighted by molar-refractivity contribution is 7.89. The number of carbonyl (C=O) groups is 1. The molecule has 2 aliphatic heterocycles. The van der Waals surface area contributed by atoms with E-state index in [1.807, 2.05) is 0 Å². The van der Waals surface area contributed by atoms with Gasteiger partial charge in [-0.25, -0.2) is 13.1 Å². The summed E-state index contributed by atoms with van der Waals surface area (Å²) in [6, 6.07) is 6.44. The maximum atomic E-state index is 12.3. The number of benzene rings is 1. The molecule has 26 heavy (non-hydrogen) atoms. The highest BCUT2D eigenvalue weighted by atomic mass is 32.2. The minimum Gasteiger partial charge on any atom is -0.379 e. The smallest absolute Gasteiger partial charge is 0.240 e. The zero-order chi connectivity index (χ0) is 18.4. The summed E-state index contributed by atoms with van der Waals surface area (Å²) in [7, 11) is -3.55. The average Bonchev–Trinajstić information content (AvgIpc) is 3.29. The number of amides is 1. The molecule has 2 fully saturated rings. The van der Waals surface area contributed by atoms with E-state index >= 15 is 0 Å². The molecule has 144 valence electrons. The van der Waals surface area contributed by atoms with Crippen molar-refractivity contribution in [3.8, 4) is 0 Å². The molecule has 0 aromatic heterocycles. The topological polar surface area (TPSA) is 84.9 Å². The third-order valence-electron chi connectivity index (χ3n) is 4.62. The maximum absolute atomic E-state index is 12.3. The Balaban J connectivity index is 1.41. The summed E-state index contributed by atoms with van der Waals surface area (Å²) in [6.07, 6.45) is 4.30. The Morgan fingerprint density at radius 2 is 2.04 bits per heavy atom. The van der Waals surface area contributed by atoms with Gasteiger partial charge in [-0.2, -0.15) is 0 Å². The van der Waals surface area contributed by atoms with Gasteiger partial charge in [-0.05, 0) is 49.9 Å². The lowest BCUT2D eigenvalue weighted by Gasteiger charge is -2.16. The van der Waals surface area contributed by atoms with Crippen LogP contribution >= 0.6 is 0 Å². The minimum absolute atomic E-state index is 0.0849. The maximum Gasteiger partial charge on any atom is 0.240 e. The normalized spacial score (nSPS) is 20.8. The number of hydrogen-bond acceptors (Lipinski definition) is 5. The van der Waals surface area contributed by atoms with E-state index in [-0.39, 0.29) is 16.9 Å². The number of sulfonamides is 1. The fraction of sp³-hybridized carbons (Fsp3) is 0.611. The van der Waals surface area contributed by atoms with Gasteiger partial charge >= 0.3 is 0 Å². The first-order valence-corrected chi connectivity index (χ1v) is 10.6. The Morgan fingerprint density at radius 1 is 1.23 bits per heavy atom. The largest absolute Gasteiger partial charge is 0.379 e. The monoisotopic (exact) mass is 382 g/mol. The first kappa shape index (κ1) is 19.3. The molecular weight excluding hydrogens is 356 g/mol. The Bertz CT molecular complexity index is 699. The number of anilines is 1. The van der Waals surface area contributed by atoms with Crippen molar-refractivity contribution < 1.29 is 22.7 Å². The first-order chi connectivity index (χ1) is 12.6. The standard InChI is InChI=1S/C18H26N2O5S/c21-18-5-1-11-20(18)15-6-8-17(9-7-15)26(22,23)19-10-3-12-24-14-16-4-2-13-25-16/h6-9,16,19H,1-5,10-14H2/t16-/m0/s1. The lowest BCUT2D eigenvalue weighted by Crippen LogP contribution is -2.26. The van der Waals surface area contributed by atoms with E-state index in [0.717, 1.165) is 31.6 Å². The molecule has 0 unspecified atom stereocenters. The second-order valence-electron chi connectivity index (χ2n) is 6.60. The second-order valence-corrected chi connectivity index (χ2v) is 8.37. The molecule has 1 atom stereocenters. The van der Waals surface area contributed by atoms with E-state index < -0.39 is 10.0 Å². The van der Waals surface area contributed by atoms with Crippen molar-refractivity contribution in [1.29, 1.82) is 0 Å². The predicted molar refractivity (Wildman–Crippen MR) is 97.6 cm³/mol. The van der Waals surface area contributed by atoms with Crippen molar-refractivity contribution in [3.05, 3.63) is 24.3 Å². The molecule has 1 aromatic carbocycles. The van der Waals surface area contributed by atoms with Crippen LogP contribution in [0.3, 0.4) is 0 Å². The molecule has 0 radical (unpaired) electrons. The summed E-state index contributed by atoms with van der Waals surface area (Å²) < 4.78 is 38.2. The SMILES string of the molecule is O=C1CCCN1c1ccc(S(=O)(=O)NCCCOC[C@@H]2CCCO2)cc1. The fourth-order valence-electron chi connectivity index (χ4n) is 3.18. The van der Waals surface area contributed by atoms with E-state index in [1.165, 1.54) is 12.1 Å². The summed E-state index contributed by atoms with van der Waals surface area (Å²) >= 11 is 0. The highest BCUT2D eigenvalue weighted by Gasteiger charge is 2.22. The van der Waals surface area contributed by atoms with E-state index in [2.05, 4.69) is 4.72 Å². The van der Waals surface area contributed by atoms with Crippen LogP contribution in [0.25, 0.3) is 0 Å². The molecule has 2 heterocycles. The van der Waals surface area contributed by atoms with Crippen LogP contribution in [-0.2, 0) is 24.3 Å². The van der Waals surface area contributed by atoms with Gasteiger partial charge in [0, 0.05) is 38.4 Å². The van der Waals surface area contributed by atoms with Crippen molar-refractivity contribution in [1.82, 2.24) is 4.72 Å². The Morgan fingerprint density at radius 3 is 2.69 bits per heavy atom. The number of nitrogens with one attached hydrogen (secondary N) is 1. The molecule has 1 N–H and O–H groups in total. The summed E-state index contributed by atoms with van der Waals surface area (Å²) in [4.78, 5) is 13.6. The predicted octanol–water partition coefficient (Wildman–Crippen LogP) is 1.68. The Kier molecular flexibility index (Phi) is 6.63. The molecule has 8 heteroatoms. The van der Waals surface area contributed by atoms with Gasteiger partial charge in [0.25, 0.3) is 0 Å². The number of rotatable bonds is 9. The van der Waals surface area contributed by atoms with Crippen molar-refractivity contribution >= 4 is 21.6 Å².